The number of nitrogens with zero attached hydrogens (tertiary/aromatic N) is 1. The quantitative estimate of drug-likeness (QED) is 0.169. The number of aliphatic hydroxyl groups is 1. The van der Waals surface area contributed by atoms with Crippen LogP contribution in [0.15, 0.2) is 21.9 Å². The molecule has 2 rings (SSSR count). The van der Waals surface area contributed by atoms with Crippen LogP contribution in [0.3, 0.4) is 0 Å². The molecule has 0 spiro atoms. The van der Waals surface area contributed by atoms with E-state index in [0.717, 1.165) is 23.8 Å². The summed E-state index contributed by atoms with van der Waals surface area (Å²) in [6.07, 6.45) is 14.7. The maximum Gasteiger partial charge on any atom is 0.330 e. The molecule has 0 aliphatic carbocycles. The summed E-state index contributed by atoms with van der Waals surface area (Å²) in [6.45, 7) is 2.12. The van der Waals surface area contributed by atoms with Crippen molar-refractivity contribution in [2.75, 3.05) is 13.2 Å². The van der Waals surface area contributed by atoms with Gasteiger partial charge in [0.2, 0.25) is 0 Å². The van der Waals surface area contributed by atoms with E-state index in [1.54, 1.807) is 0 Å². The molecule has 2 heterocycles. The minimum absolute atomic E-state index is 0.352. The van der Waals surface area contributed by atoms with E-state index in [9.17, 15) is 24.2 Å². The average Bonchev–Trinajstić information content (AvgIpc) is 3.17. The Balaban J connectivity index is 1.71. The Morgan fingerprint density at radius 2 is 1.50 bits per heavy atom. The fourth-order valence-corrected chi connectivity index (χ4v) is 5.18. The van der Waals surface area contributed by atoms with Gasteiger partial charge < -0.3 is 24.0 Å². The zero-order valence-corrected chi connectivity index (χ0v) is 22.6. The van der Waals surface area contributed by atoms with E-state index in [-0.39, 0.29) is 0 Å². The van der Waals surface area contributed by atoms with Crippen LogP contribution >= 0.6 is 8.25 Å². The van der Waals surface area contributed by atoms with Crippen LogP contribution < -0.4 is 11.2 Å². The van der Waals surface area contributed by atoms with E-state index in [1.807, 2.05) is 0 Å². The number of H-pyrrole nitrogens is 1. The molecule has 208 valence electrons. The normalized spacial score (nSPS) is 22.8. The second-order valence-corrected chi connectivity index (χ2v) is 10.3. The zero-order chi connectivity index (χ0) is 26.2. The molecule has 0 aromatic carbocycles. The van der Waals surface area contributed by atoms with Crippen molar-refractivity contribution in [2.24, 2.45) is 0 Å². The van der Waals surface area contributed by atoms with Crippen molar-refractivity contribution in [1.29, 1.82) is 0 Å². The maximum atomic E-state index is 12.3. The summed E-state index contributed by atoms with van der Waals surface area (Å²) in [7, 11) is -3.34. The first-order chi connectivity index (χ1) is 17.5. The zero-order valence-electron chi connectivity index (χ0n) is 21.6. The standard InChI is InChI=1S/C25H45N2O8P/c1-2-3-4-5-6-7-8-9-10-11-12-13-14-15-18-33-23-22(35-36(31)32)20(19-28)34-24(23)27-17-16-21(29)26-25(27)30/h16-17,20,22-24,28,36H,2-15,18-19H2,1H3,(H,31,32)(H,26,29,30)/t20-,22?,23+,24-/m1/s1. The van der Waals surface area contributed by atoms with Crippen LogP contribution in [0.4, 0.5) is 0 Å². The van der Waals surface area contributed by atoms with E-state index in [1.165, 1.54) is 82.9 Å². The first-order valence-electron chi connectivity index (χ1n) is 13.6. The van der Waals surface area contributed by atoms with Crippen molar-refractivity contribution in [1.82, 2.24) is 9.55 Å². The number of nitrogens with one attached hydrogen (secondary N) is 1. The number of unbranched alkanes of at least 4 members (excludes halogenated alkanes) is 13. The van der Waals surface area contributed by atoms with Gasteiger partial charge in [0.1, 0.15) is 18.3 Å². The molecule has 1 aliphatic heterocycles. The van der Waals surface area contributed by atoms with Crippen LogP contribution in [0, 0.1) is 0 Å². The van der Waals surface area contributed by atoms with Crippen LogP contribution in [0.25, 0.3) is 0 Å². The summed E-state index contributed by atoms with van der Waals surface area (Å²) in [5.74, 6) is 0. The van der Waals surface area contributed by atoms with E-state index in [4.69, 9.17) is 14.0 Å². The predicted molar refractivity (Wildman–Crippen MR) is 138 cm³/mol. The summed E-state index contributed by atoms with van der Waals surface area (Å²) in [5, 5.41) is 9.67. The van der Waals surface area contributed by atoms with Crippen molar-refractivity contribution < 1.29 is 28.6 Å². The molecule has 36 heavy (non-hydrogen) atoms. The van der Waals surface area contributed by atoms with Gasteiger partial charge in [-0.1, -0.05) is 90.4 Å². The van der Waals surface area contributed by atoms with Crippen LogP contribution in [0.1, 0.15) is 103 Å². The Labute approximate surface area is 214 Å². The number of hydrogen-bond acceptors (Lipinski definition) is 7. The Morgan fingerprint density at radius 3 is 2.00 bits per heavy atom. The first kappa shape index (κ1) is 30.9. The Morgan fingerprint density at radius 1 is 0.944 bits per heavy atom. The van der Waals surface area contributed by atoms with Crippen molar-refractivity contribution in [2.45, 2.75) is 121 Å². The lowest BCUT2D eigenvalue weighted by molar-refractivity contribution is -0.0744. The third-order valence-electron chi connectivity index (χ3n) is 6.64. The Bertz CT molecular complexity index is 861. The van der Waals surface area contributed by atoms with Gasteiger partial charge in [-0.15, -0.1) is 0 Å². The highest BCUT2D eigenvalue weighted by Crippen LogP contribution is 2.37. The van der Waals surface area contributed by atoms with E-state index in [2.05, 4.69) is 11.9 Å². The molecule has 0 amide bonds. The SMILES string of the molecule is CCCCCCCCCCCCCCCCO[C@H]1C(O[PH](=O)O)[C@@H](CO)O[C@H]1n1ccc(=O)[nH]c1=O. The minimum atomic E-state index is -3.34. The van der Waals surface area contributed by atoms with Gasteiger partial charge in [0, 0.05) is 18.9 Å². The minimum Gasteiger partial charge on any atom is -0.394 e. The summed E-state index contributed by atoms with van der Waals surface area (Å²) >= 11 is 0. The number of aromatic amines is 1. The van der Waals surface area contributed by atoms with Gasteiger partial charge >= 0.3 is 13.9 Å². The van der Waals surface area contributed by atoms with Crippen molar-refractivity contribution in [3.63, 3.8) is 0 Å². The molecular weight excluding hydrogens is 487 g/mol. The van der Waals surface area contributed by atoms with Crippen molar-refractivity contribution >= 4 is 8.25 Å². The molecule has 1 aromatic heterocycles. The van der Waals surface area contributed by atoms with Gasteiger partial charge in [0.25, 0.3) is 5.56 Å². The van der Waals surface area contributed by atoms with Gasteiger partial charge in [0.05, 0.1) is 6.61 Å². The molecule has 5 atom stereocenters. The molecule has 0 radical (unpaired) electrons. The summed E-state index contributed by atoms with van der Waals surface area (Å²) in [4.78, 5) is 35.2. The van der Waals surface area contributed by atoms with E-state index >= 15 is 0 Å². The van der Waals surface area contributed by atoms with Gasteiger partial charge in [-0.05, 0) is 6.42 Å². The Hall–Kier alpha value is -1.29. The molecule has 1 aromatic rings. The molecule has 1 fully saturated rings. The van der Waals surface area contributed by atoms with Gasteiger partial charge in [-0.3, -0.25) is 18.9 Å². The molecule has 1 saturated heterocycles. The smallest absolute Gasteiger partial charge is 0.330 e. The fourth-order valence-electron chi connectivity index (χ4n) is 4.66. The molecule has 3 N–H and O–H groups in total. The number of hydrogen-bond donors (Lipinski definition) is 3. The maximum absolute atomic E-state index is 12.3. The highest BCUT2D eigenvalue weighted by molar-refractivity contribution is 7.32. The van der Waals surface area contributed by atoms with Crippen LogP contribution in [-0.4, -0.2) is 51.1 Å². The molecule has 1 aliphatic rings. The molecule has 0 bridgehead atoms. The summed E-state index contributed by atoms with van der Waals surface area (Å²) in [5.41, 5.74) is -1.26. The van der Waals surface area contributed by atoms with Gasteiger partial charge in [0.15, 0.2) is 6.23 Å². The van der Waals surface area contributed by atoms with Crippen LogP contribution in [0.2, 0.25) is 0 Å². The van der Waals surface area contributed by atoms with E-state index in [0.29, 0.717) is 6.61 Å². The fraction of sp³-hybridized carbons (Fsp3) is 0.840. The molecule has 11 heteroatoms. The molecular formula is C25H45N2O8P. The number of aliphatic hydroxyl groups excluding tert-OH is 1. The lowest BCUT2D eigenvalue weighted by atomic mass is 10.0. The van der Waals surface area contributed by atoms with Gasteiger partial charge in [-0.25, -0.2) is 4.79 Å². The summed E-state index contributed by atoms with van der Waals surface area (Å²) < 4.78 is 29.3. The molecule has 10 nitrogen and oxygen atoms in total. The number of rotatable bonds is 20. The lowest BCUT2D eigenvalue weighted by Gasteiger charge is -2.24. The van der Waals surface area contributed by atoms with Crippen molar-refractivity contribution in [3.05, 3.63) is 33.1 Å². The van der Waals surface area contributed by atoms with E-state index < -0.39 is 50.7 Å². The highest BCUT2D eigenvalue weighted by atomic mass is 31.1. The Kier molecular flexibility index (Phi) is 15.5. The lowest BCUT2D eigenvalue weighted by Crippen LogP contribution is -2.40. The van der Waals surface area contributed by atoms with Crippen molar-refractivity contribution in [3.8, 4) is 0 Å². The van der Waals surface area contributed by atoms with Crippen LogP contribution in [-0.2, 0) is 18.6 Å². The second-order valence-electron chi connectivity index (χ2n) is 9.55. The predicted octanol–water partition coefficient (Wildman–Crippen LogP) is 4.06. The number of ether oxygens (including phenoxy) is 2. The molecule has 2 unspecified atom stereocenters. The second kappa shape index (κ2) is 18.0. The topological polar surface area (TPSA) is 140 Å². The third kappa shape index (κ3) is 11.0. The van der Waals surface area contributed by atoms with Gasteiger partial charge in [-0.2, -0.15) is 0 Å². The first-order valence-corrected chi connectivity index (χ1v) is 14.8. The number of aromatic nitrogens is 2. The largest absolute Gasteiger partial charge is 0.394 e. The third-order valence-corrected chi connectivity index (χ3v) is 7.11. The highest BCUT2D eigenvalue weighted by Gasteiger charge is 2.48. The molecule has 0 saturated carbocycles. The average molecular weight is 533 g/mol. The summed E-state index contributed by atoms with van der Waals surface area (Å²) in [6, 6.07) is 1.17. The monoisotopic (exact) mass is 532 g/mol. The van der Waals surface area contributed by atoms with Crippen LogP contribution in [0.5, 0.6) is 0 Å².